The molecule has 1 aliphatic rings. The summed E-state index contributed by atoms with van der Waals surface area (Å²) in [7, 11) is 0. The lowest BCUT2D eigenvalue weighted by Gasteiger charge is -2.37. The average molecular weight is 375 g/mol. The van der Waals surface area contributed by atoms with Crippen molar-refractivity contribution in [3.05, 3.63) is 52.2 Å². The van der Waals surface area contributed by atoms with Gasteiger partial charge in [-0.1, -0.05) is 6.07 Å². The van der Waals surface area contributed by atoms with Crippen LogP contribution in [0, 0.1) is 0 Å². The summed E-state index contributed by atoms with van der Waals surface area (Å²) >= 11 is 1.73. The van der Waals surface area contributed by atoms with E-state index in [2.05, 4.69) is 34.7 Å². The lowest BCUT2D eigenvalue weighted by molar-refractivity contribution is 0.00969. The molecule has 140 valence electrons. The quantitative estimate of drug-likeness (QED) is 0.808. The molecule has 3 rings (SSSR count). The van der Waals surface area contributed by atoms with Gasteiger partial charge >= 0.3 is 0 Å². The lowest BCUT2D eigenvalue weighted by atomic mass is 10.0. The zero-order valence-corrected chi connectivity index (χ0v) is 16.1. The largest absolute Gasteiger partial charge is 0.494 e. The van der Waals surface area contributed by atoms with Crippen molar-refractivity contribution in [1.29, 1.82) is 0 Å². The Morgan fingerprint density at radius 1 is 1.27 bits per heavy atom. The van der Waals surface area contributed by atoms with Crippen LogP contribution in [0.5, 0.6) is 5.75 Å². The van der Waals surface area contributed by atoms with Crippen molar-refractivity contribution in [1.82, 2.24) is 10.2 Å². The number of ether oxygens (including phenoxy) is 2. The van der Waals surface area contributed by atoms with Crippen LogP contribution in [0.15, 0.2) is 41.8 Å². The number of benzene rings is 1. The minimum atomic E-state index is -0.0598. The fourth-order valence-electron chi connectivity index (χ4n) is 3.30. The van der Waals surface area contributed by atoms with Crippen LogP contribution in [0.1, 0.15) is 35.1 Å². The zero-order valence-electron chi connectivity index (χ0n) is 15.3. The van der Waals surface area contributed by atoms with E-state index in [1.54, 1.807) is 11.3 Å². The van der Waals surface area contributed by atoms with Crippen LogP contribution < -0.4 is 10.1 Å². The first-order valence-electron chi connectivity index (χ1n) is 9.08. The summed E-state index contributed by atoms with van der Waals surface area (Å²) < 4.78 is 10.9. The van der Waals surface area contributed by atoms with Gasteiger partial charge in [-0.05, 0) is 49.6 Å². The summed E-state index contributed by atoms with van der Waals surface area (Å²) in [5.74, 6) is 0.720. The third kappa shape index (κ3) is 4.63. The van der Waals surface area contributed by atoms with E-state index in [1.165, 1.54) is 4.88 Å². The molecular weight excluding hydrogens is 348 g/mol. The Balaban J connectivity index is 1.70. The van der Waals surface area contributed by atoms with Gasteiger partial charge in [-0.3, -0.25) is 9.69 Å². The molecule has 2 atom stereocenters. The topological polar surface area (TPSA) is 50.8 Å². The van der Waals surface area contributed by atoms with Crippen molar-refractivity contribution < 1.29 is 14.3 Å². The van der Waals surface area contributed by atoms with Crippen LogP contribution in [-0.2, 0) is 4.74 Å². The van der Waals surface area contributed by atoms with Crippen LogP contribution in [0.2, 0.25) is 0 Å². The van der Waals surface area contributed by atoms with Gasteiger partial charge in [-0.2, -0.15) is 0 Å². The second-order valence-corrected chi connectivity index (χ2v) is 7.31. The summed E-state index contributed by atoms with van der Waals surface area (Å²) in [6.45, 7) is 7.87. The highest BCUT2D eigenvalue weighted by Gasteiger charge is 2.29. The summed E-state index contributed by atoms with van der Waals surface area (Å²) in [5.41, 5.74) is 0.646. The fraction of sp³-hybridized carbons (Fsp3) is 0.450. The normalized spacial score (nSPS) is 17.5. The first-order chi connectivity index (χ1) is 12.7. The third-order valence-electron chi connectivity index (χ3n) is 4.53. The van der Waals surface area contributed by atoms with Crippen LogP contribution >= 0.6 is 11.3 Å². The van der Waals surface area contributed by atoms with E-state index in [9.17, 15) is 4.79 Å². The van der Waals surface area contributed by atoms with Crippen molar-refractivity contribution in [2.45, 2.75) is 25.9 Å². The Bertz CT molecular complexity index is 682. The first kappa shape index (κ1) is 18.9. The Kier molecular flexibility index (Phi) is 6.66. The Morgan fingerprint density at radius 3 is 2.62 bits per heavy atom. The molecule has 0 spiro atoms. The second kappa shape index (κ2) is 9.16. The Labute approximate surface area is 158 Å². The monoisotopic (exact) mass is 374 g/mol. The third-order valence-corrected chi connectivity index (χ3v) is 5.48. The summed E-state index contributed by atoms with van der Waals surface area (Å²) in [5, 5.41) is 5.26. The van der Waals surface area contributed by atoms with E-state index < -0.39 is 0 Å². The molecule has 0 unspecified atom stereocenters. The molecule has 1 fully saturated rings. The Morgan fingerprint density at radius 2 is 2.00 bits per heavy atom. The minimum absolute atomic E-state index is 0.00850. The number of morpholine rings is 1. The van der Waals surface area contributed by atoms with Crippen LogP contribution in [0.3, 0.4) is 0 Å². The van der Waals surface area contributed by atoms with E-state index in [0.717, 1.165) is 32.1 Å². The molecule has 2 heterocycles. The average Bonchev–Trinajstić information content (AvgIpc) is 3.18. The molecule has 5 nitrogen and oxygen atoms in total. The fourth-order valence-corrected chi connectivity index (χ4v) is 4.26. The molecule has 6 heteroatoms. The molecule has 0 radical (unpaired) electrons. The number of nitrogens with one attached hydrogen (secondary N) is 1. The smallest absolute Gasteiger partial charge is 0.251 e. The molecule has 26 heavy (non-hydrogen) atoms. The van der Waals surface area contributed by atoms with Crippen molar-refractivity contribution in [3.63, 3.8) is 0 Å². The number of thiophene rings is 1. The van der Waals surface area contributed by atoms with Crippen molar-refractivity contribution >= 4 is 17.2 Å². The SMILES string of the molecule is CCOc1ccc(C(=O)N[C@H](C)[C@@H](c2cccs2)N2CCOCC2)cc1. The van der Waals surface area contributed by atoms with Gasteiger partial charge < -0.3 is 14.8 Å². The van der Waals surface area contributed by atoms with Crippen molar-refractivity contribution in [3.8, 4) is 5.75 Å². The van der Waals surface area contributed by atoms with Crippen LogP contribution in [-0.4, -0.2) is 49.8 Å². The molecule has 1 N–H and O–H groups in total. The van der Waals surface area contributed by atoms with Gasteiger partial charge in [0.25, 0.3) is 5.91 Å². The molecular formula is C20H26N2O3S. The van der Waals surface area contributed by atoms with Gasteiger partial charge in [-0.15, -0.1) is 11.3 Å². The maximum atomic E-state index is 12.7. The van der Waals surface area contributed by atoms with Gasteiger partial charge in [0, 0.05) is 29.6 Å². The van der Waals surface area contributed by atoms with E-state index in [1.807, 2.05) is 31.2 Å². The van der Waals surface area contributed by atoms with Gasteiger partial charge in [0.05, 0.1) is 25.9 Å². The van der Waals surface area contributed by atoms with Crippen LogP contribution in [0.25, 0.3) is 0 Å². The molecule has 1 aromatic heterocycles. The number of hydrogen-bond donors (Lipinski definition) is 1. The van der Waals surface area contributed by atoms with Crippen LogP contribution in [0.4, 0.5) is 0 Å². The second-order valence-electron chi connectivity index (χ2n) is 6.33. The molecule has 1 aromatic carbocycles. The van der Waals surface area contributed by atoms with E-state index >= 15 is 0 Å². The lowest BCUT2D eigenvalue weighted by Crippen LogP contribution is -2.48. The standard InChI is InChI=1S/C20H26N2O3S/c1-3-25-17-8-6-16(7-9-17)20(23)21-15(2)19(18-5-4-14-26-18)22-10-12-24-13-11-22/h4-9,14-15,19H,3,10-13H2,1-2H3,(H,21,23)/t15-,19+/m1/s1. The highest BCUT2D eigenvalue weighted by atomic mass is 32.1. The van der Waals surface area contributed by atoms with Gasteiger partial charge in [0.15, 0.2) is 0 Å². The highest BCUT2D eigenvalue weighted by molar-refractivity contribution is 7.10. The molecule has 1 aliphatic heterocycles. The van der Waals surface area contributed by atoms with Gasteiger partial charge in [-0.25, -0.2) is 0 Å². The molecule has 2 aromatic rings. The molecule has 0 aliphatic carbocycles. The van der Waals surface area contributed by atoms with E-state index in [4.69, 9.17) is 9.47 Å². The predicted octanol–water partition coefficient (Wildman–Crippen LogP) is 3.34. The molecule has 0 bridgehead atoms. The highest BCUT2D eigenvalue weighted by Crippen LogP contribution is 2.29. The molecule has 0 saturated carbocycles. The Hall–Kier alpha value is -1.89. The molecule has 1 amide bonds. The zero-order chi connectivity index (χ0) is 18.4. The van der Waals surface area contributed by atoms with Crippen molar-refractivity contribution in [2.24, 2.45) is 0 Å². The maximum Gasteiger partial charge on any atom is 0.251 e. The number of rotatable bonds is 7. The number of amides is 1. The van der Waals surface area contributed by atoms with Crippen molar-refractivity contribution in [2.75, 3.05) is 32.9 Å². The number of carbonyl (C=O) groups excluding carboxylic acids is 1. The number of nitrogens with zero attached hydrogens (tertiary/aromatic N) is 1. The summed E-state index contributed by atoms with van der Waals surface area (Å²) in [6.07, 6.45) is 0. The number of carbonyl (C=O) groups is 1. The van der Waals surface area contributed by atoms with Gasteiger partial charge in [0.2, 0.25) is 0 Å². The maximum absolute atomic E-state index is 12.7. The summed E-state index contributed by atoms with van der Waals surface area (Å²) in [6, 6.07) is 11.6. The molecule has 1 saturated heterocycles. The minimum Gasteiger partial charge on any atom is -0.494 e. The summed E-state index contributed by atoms with van der Waals surface area (Å²) in [4.78, 5) is 16.4. The predicted molar refractivity (Wildman–Crippen MR) is 104 cm³/mol. The van der Waals surface area contributed by atoms with Gasteiger partial charge in [0.1, 0.15) is 5.75 Å². The van der Waals surface area contributed by atoms with E-state index in [0.29, 0.717) is 12.2 Å². The number of hydrogen-bond acceptors (Lipinski definition) is 5. The van der Waals surface area contributed by atoms with E-state index in [-0.39, 0.29) is 18.0 Å². The first-order valence-corrected chi connectivity index (χ1v) is 9.96.